The van der Waals surface area contributed by atoms with Crippen molar-refractivity contribution in [2.75, 3.05) is 38.2 Å². The fourth-order valence-electron chi connectivity index (χ4n) is 1.84. The van der Waals surface area contributed by atoms with Gasteiger partial charge in [0.25, 0.3) is 5.56 Å². The molecule has 0 saturated carbocycles. The fraction of sp³-hybridized carbons (Fsp3) is 0.600. The summed E-state index contributed by atoms with van der Waals surface area (Å²) in [5.41, 5.74) is -0.455. The molecule has 6 nitrogen and oxygen atoms in total. The van der Waals surface area contributed by atoms with E-state index in [1.807, 2.05) is 7.05 Å². The predicted molar refractivity (Wildman–Crippen MR) is 66.5 cm³/mol. The maximum atomic E-state index is 12.0. The Morgan fingerprint density at radius 2 is 1.76 bits per heavy atom. The number of nitrogens with one attached hydrogen (secondary N) is 1. The Hall–Kier alpha value is -1.27. The van der Waals surface area contributed by atoms with Crippen LogP contribution in [0.15, 0.2) is 9.59 Å². The summed E-state index contributed by atoms with van der Waals surface area (Å²) in [7, 11) is 2.01. The number of halogens is 1. The van der Waals surface area contributed by atoms with Crippen molar-refractivity contribution in [1.82, 2.24) is 14.6 Å². The predicted octanol–water partition coefficient (Wildman–Crippen LogP) is -0.618. The monoisotopic (exact) mass is 258 g/mol. The Labute approximate surface area is 103 Å². The second-order valence-corrected chi connectivity index (χ2v) is 4.62. The fourth-order valence-corrected chi connectivity index (χ4v) is 2.00. The smallest absolute Gasteiger partial charge is 0.303 e. The molecule has 1 fully saturated rings. The molecule has 1 saturated heterocycles. The molecule has 0 aromatic carbocycles. The molecule has 2 rings (SSSR count). The first-order valence-electron chi connectivity index (χ1n) is 5.46. The Bertz CT molecular complexity index is 528. The highest BCUT2D eigenvalue weighted by Crippen LogP contribution is 2.03. The largest absolute Gasteiger partial charge is 0.348 e. The van der Waals surface area contributed by atoms with Gasteiger partial charge in [-0.3, -0.25) is 9.78 Å². The van der Waals surface area contributed by atoms with Crippen LogP contribution in [0, 0.1) is 6.92 Å². The number of likely N-dealkylation sites (N-methyl/N-ethyl adjacent to an activating group) is 1. The quantitative estimate of drug-likeness (QED) is 0.683. The standard InChI is InChI=1S/C10H15ClN4O2/c1-7-8(11)12-10(17)15(9(7)16)14-5-3-13(2)4-6-14/h3-6H2,1-2H3,(H,12,17). The van der Waals surface area contributed by atoms with Crippen LogP contribution in [-0.2, 0) is 0 Å². The van der Waals surface area contributed by atoms with Crippen molar-refractivity contribution in [3.05, 3.63) is 31.6 Å². The Morgan fingerprint density at radius 1 is 1.18 bits per heavy atom. The molecular formula is C10H15ClN4O2. The minimum atomic E-state index is -0.477. The van der Waals surface area contributed by atoms with E-state index in [4.69, 9.17) is 11.6 Å². The van der Waals surface area contributed by atoms with Gasteiger partial charge in [-0.2, -0.15) is 4.68 Å². The lowest BCUT2D eigenvalue weighted by Crippen LogP contribution is -2.58. The summed E-state index contributed by atoms with van der Waals surface area (Å²) in [6, 6.07) is 0. The van der Waals surface area contributed by atoms with Crippen LogP contribution in [-0.4, -0.2) is 47.8 Å². The molecule has 0 unspecified atom stereocenters. The van der Waals surface area contributed by atoms with Crippen LogP contribution in [0.5, 0.6) is 0 Å². The van der Waals surface area contributed by atoms with Crippen molar-refractivity contribution in [2.24, 2.45) is 0 Å². The van der Waals surface area contributed by atoms with Crippen molar-refractivity contribution in [3.63, 3.8) is 0 Å². The molecule has 1 aromatic heterocycles. The van der Waals surface area contributed by atoms with E-state index in [2.05, 4.69) is 9.88 Å². The molecule has 1 aliphatic rings. The molecule has 0 bridgehead atoms. The van der Waals surface area contributed by atoms with E-state index in [1.54, 1.807) is 11.9 Å². The molecule has 2 heterocycles. The van der Waals surface area contributed by atoms with E-state index < -0.39 is 5.69 Å². The second-order valence-electron chi connectivity index (χ2n) is 4.24. The number of H-pyrrole nitrogens is 1. The van der Waals surface area contributed by atoms with Gasteiger partial charge in [-0.15, -0.1) is 0 Å². The number of piperazine rings is 1. The van der Waals surface area contributed by atoms with Crippen molar-refractivity contribution >= 4 is 11.6 Å². The molecule has 0 radical (unpaired) electrons. The van der Waals surface area contributed by atoms with Gasteiger partial charge in [0.05, 0.1) is 5.56 Å². The zero-order valence-corrected chi connectivity index (χ0v) is 10.6. The van der Waals surface area contributed by atoms with E-state index in [9.17, 15) is 9.59 Å². The third-order valence-corrected chi connectivity index (χ3v) is 3.39. The molecule has 0 atom stereocenters. The van der Waals surface area contributed by atoms with Crippen LogP contribution in [0.25, 0.3) is 0 Å². The number of nitrogens with zero attached hydrogens (tertiary/aromatic N) is 3. The summed E-state index contributed by atoms with van der Waals surface area (Å²) in [4.78, 5) is 28.4. The zero-order chi connectivity index (χ0) is 12.6. The molecule has 0 aliphatic carbocycles. The van der Waals surface area contributed by atoms with Crippen LogP contribution in [0.1, 0.15) is 5.56 Å². The summed E-state index contributed by atoms with van der Waals surface area (Å²) in [6.45, 7) is 4.56. The molecule has 0 amide bonds. The van der Waals surface area contributed by atoms with Gasteiger partial charge in [-0.1, -0.05) is 11.6 Å². The number of hydrogen-bond donors (Lipinski definition) is 1. The van der Waals surface area contributed by atoms with Crippen molar-refractivity contribution in [1.29, 1.82) is 0 Å². The summed E-state index contributed by atoms with van der Waals surface area (Å²) in [5.74, 6) is 0. The van der Waals surface area contributed by atoms with Crippen LogP contribution < -0.4 is 16.3 Å². The van der Waals surface area contributed by atoms with E-state index >= 15 is 0 Å². The van der Waals surface area contributed by atoms with Gasteiger partial charge in [0, 0.05) is 26.2 Å². The highest BCUT2D eigenvalue weighted by Gasteiger charge is 2.19. The maximum Gasteiger partial charge on any atom is 0.348 e. The Balaban J connectivity index is 2.43. The lowest BCUT2D eigenvalue weighted by molar-refractivity contribution is 0.282. The third kappa shape index (κ3) is 2.23. The summed E-state index contributed by atoms with van der Waals surface area (Å²) >= 11 is 5.76. The number of hydrogen-bond acceptors (Lipinski definition) is 4. The molecule has 17 heavy (non-hydrogen) atoms. The number of rotatable bonds is 1. The maximum absolute atomic E-state index is 12.0. The first kappa shape index (κ1) is 12.2. The average molecular weight is 259 g/mol. The summed E-state index contributed by atoms with van der Waals surface area (Å²) in [5, 5.41) is 1.87. The van der Waals surface area contributed by atoms with Crippen LogP contribution in [0.2, 0.25) is 5.15 Å². The zero-order valence-electron chi connectivity index (χ0n) is 9.86. The van der Waals surface area contributed by atoms with Gasteiger partial charge >= 0.3 is 5.69 Å². The average Bonchev–Trinajstić information content (AvgIpc) is 2.29. The Kier molecular flexibility index (Phi) is 3.26. The second kappa shape index (κ2) is 4.54. The SMILES string of the molecule is Cc1c(Cl)[nH]c(=O)n(N2CCN(C)CC2)c1=O. The summed E-state index contributed by atoms with van der Waals surface area (Å²) < 4.78 is 1.15. The molecule has 7 heteroatoms. The highest BCUT2D eigenvalue weighted by atomic mass is 35.5. The van der Waals surface area contributed by atoms with Gasteiger partial charge < -0.3 is 9.91 Å². The van der Waals surface area contributed by atoms with E-state index in [-0.39, 0.29) is 10.7 Å². The van der Waals surface area contributed by atoms with E-state index in [1.165, 1.54) is 0 Å². The highest BCUT2D eigenvalue weighted by molar-refractivity contribution is 6.30. The van der Waals surface area contributed by atoms with E-state index in [0.717, 1.165) is 17.8 Å². The minimum Gasteiger partial charge on any atom is -0.303 e. The normalized spacial score (nSPS) is 17.5. The van der Waals surface area contributed by atoms with Crippen LogP contribution >= 0.6 is 11.6 Å². The first-order valence-corrected chi connectivity index (χ1v) is 5.83. The van der Waals surface area contributed by atoms with Gasteiger partial charge in [-0.05, 0) is 14.0 Å². The molecule has 1 aliphatic heterocycles. The molecule has 94 valence electrons. The van der Waals surface area contributed by atoms with Gasteiger partial charge in [0.15, 0.2) is 0 Å². The van der Waals surface area contributed by atoms with Crippen LogP contribution in [0.3, 0.4) is 0 Å². The molecule has 1 aromatic rings. The number of aromatic nitrogens is 2. The van der Waals surface area contributed by atoms with E-state index in [0.29, 0.717) is 18.7 Å². The van der Waals surface area contributed by atoms with Crippen molar-refractivity contribution in [2.45, 2.75) is 6.92 Å². The van der Waals surface area contributed by atoms with Gasteiger partial charge in [-0.25, -0.2) is 4.79 Å². The van der Waals surface area contributed by atoms with Gasteiger partial charge in [0.1, 0.15) is 5.15 Å². The Morgan fingerprint density at radius 3 is 2.35 bits per heavy atom. The van der Waals surface area contributed by atoms with Crippen molar-refractivity contribution < 1.29 is 0 Å². The topological polar surface area (TPSA) is 61.3 Å². The molecular weight excluding hydrogens is 244 g/mol. The van der Waals surface area contributed by atoms with Crippen molar-refractivity contribution in [3.8, 4) is 0 Å². The summed E-state index contributed by atoms with van der Waals surface area (Å²) in [6.07, 6.45) is 0. The molecule has 1 N–H and O–H groups in total. The minimum absolute atomic E-state index is 0.116. The molecule has 0 spiro atoms. The third-order valence-electron chi connectivity index (χ3n) is 3.01. The lowest BCUT2D eigenvalue weighted by atomic mass is 10.3. The number of aromatic amines is 1. The van der Waals surface area contributed by atoms with Gasteiger partial charge in [0.2, 0.25) is 0 Å². The van der Waals surface area contributed by atoms with Crippen LogP contribution in [0.4, 0.5) is 0 Å². The first-order chi connectivity index (χ1) is 8.00. The lowest BCUT2D eigenvalue weighted by Gasteiger charge is -2.33.